The van der Waals surface area contributed by atoms with Crippen molar-refractivity contribution >= 4 is 29.1 Å². The summed E-state index contributed by atoms with van der Waals surface area (Å²) in [6.07, 6.45) is 3.97. The molecule has 2 aromatic carbocycles. The molecule has 0 fully saturated rings. The quantitative estimate of drug-likeness (QED) is 0.387. The van der Waals surface area contributed by atoms with Crippen LogP contribution in [0.3, 0.4) is 0 Å². The molecule has 0 saturated heterocycles. The van der Waals surface area contributed by atoms with Crippen molar-refractivity contribution in [2.45, 2.75) is 39.3 Å². The molecule has 2 amide bonds. The number of benzene rings is 2. The molecule has 2 aromatic heterocycles. The van der Waals surface area contributed by atoms with Gasteiger partial charge in [0.15, 0.2) is 5.69 Å². The molecule has 8 nitrogen and oxygen atoms in total. The van der Waals surface area contributed by atoms with Gasteiger partial charge in [-0.3, -0.25) is 14.6 Å². The second-order valence-electron chi connectivity index (χ2n) is 10.2. The number of rotatable bonds is 5. The lowest BCUT2D eigenvalue weighted by molar-refractivity contribution is 0.0944. The molecule has 2 aliphatic rings. The van der Waals surface area contributed by atoms with Crippen LogP contribution in [0.15, 0.2) is 60.9 Å². The summed E-state index contributed by atoms with van der Waals surface area (Å²) in [6, 6.07) is 15.3. The van der Waals surface area contributed by atoms with E-state index in [0.29, 0.717) is 47.4 Å². The van der Waals surface area contributed by atoms with Crippen LogP contribution in [-0.4, -0.2) is 39.7 Å². The number of pyridine rings is 1. The summed E-state index contributed by atoms with van der Waals surface area (Å²) >= 11 is 6.29. The number of carbonyl (C=O) groups excluding carboxylic acids is 2. The molecule has 4 heterocycles. The molecule has 4 aromatic rings. The lowest BCUT2D eigenvalue weighted by Crippen LogP contribution is -2.39. The van der Waals surface area contributed by atoms with Crippen molar-refractivity contribution in [1.82, 2.24) is 25.4 Å². The third kappa shape index (κ3) is 4.70. The Morgan fingerprint density at radius 3 is 2.87 bits per heavy atom. The van der Waals surface area contributed by atoms with Gasteiger partial charge in [0, 0.05) is 54.8 Å². The maximum atomic E-state index is 14.1. The minimum atomic E-state index is -0.328. The Labute approximate surface area is 232 Å². The highest BCUT2D eigenvalue weighted by molar-refractivity contribution is 6.30. The van der Waals surface area contributed by atoms with Gasteiger partial charge in [-0.1, -0.05) is 30.7 Å². The molecule has 0 aliphatic carbocycles. The average molecular weight is 541 g/mol. The van der Waals surface area contributed by atoms with Gasteiger partial charge in [-0.15, -0.1) is 0 Å². The van der Waals surface area contributed by atoms with Gasteiger partial charge in [0.05, 0.1) is 5.69 Å². The van der Waals surface area contributed by atoms with Crippen molar-refractivity contribution in [2.24, 2.45) is 0 Å². The van der Waals surface area contributed by atoms with E-state index in [1.807, 2.05) is 25.1 Å². The Morgan fingerprint density at radius 2 is 2.05 bits per heavy atom. The van der Waals surface area contributed by atoms with Crippen molar-refractivity contribution < 1.29 is 9.59 Å². The normalized spacial score (nSPS) is 16.5. The highest BCUT2D eigenvalue weighted by Gasteiger charge is 2.35. The van der Waals surface area contributed by atoms with E-state index in [9.17, 15) is 9.59 Å². The van der Waals surface area contributed by atoms with Crippen LogP contribution >= 0.6 is 11.6 Å². The van der Waals surface area contributed by atoms with Crippen LogP contribution in [0.25, 0.3) is 5.69 Å². The largest absolute Gasteiger partial charge is 0.346 e. The Balaban J connectivity index is 1.37. The van der Waals surface area contributed by atoms with E-state index in [1.54, 1.807) is 40.2 Å². The Bertz CT molecular complexity index is 1600. The Hall–Kier alpha value is -4.01. The number of hydrogen-bond acceptors (Lipinski definition) is 5. The summed E-state index contributed by atoms with van der Waals surface area (Å²) in [5, 5.41) is 11.6. The van der Waals surface area contributed by atoms with E-state index in [4.69, 9.17) is 11.6 Å². The first kappa shape index (κ1) is 25.3. The zero-order valence-corrected chi connectivity index (χ0v) is 22.6. The maximum absolute atomic E-state index is 14.1. The topological polar surface area (TPSA) is 92.2 Å². The number of aromatic nitrogens is 3. The third-order valence-corrected chi connectivity index (χ3v) is 7.84. The fraction of sp³-hybridized carbons (Fsp3) is 0.267. The predicted octanol–water partition coefficient (Wildman–Crippen LogP) is 4.57. The Kier molecular flexibility index (Phi) is 6.66. The second-order valence-corrected chi connectivity index (χ2v) is 10.6. The van der Waals surface area contributed by atoms with Gasteiger partial charge in [-0.05, 0) is 77.9 Å². The number of carbonyl (C=O) groups is 2. The first-order valence-corrected chi connectivity index (χ1v) is 13.5. The first-order valence-electron chi connectivity index (χ1n) is 13.1. The van der Waals surface area contributed by atoms with Crippen LogP contribution in [0.1, 0.15) is 61.6 Å². The van der Waals surface area contributed by atoms with Gasteiger partial charge in [-0.25, -0.2) is 4.68 Å². The Morgan fingerprint density at radius 1 is 1.18 bits per heavy atom. The van der Waals surface area contributed by atoms with Crippen LogP contribution in [0.4, 0.5) is 5.69 Å². The maximum Gasteiger partial charge on any atom is 0.277 e. The number of anilines is 1. The van der Waals surface area contributed by atoms with E-state index in [1.165, 1.54) is 11.1 Å². The fourth-order valence-electron chi connectivity index (χ4n) is 5.45. The van der Waals surface area contributed by atoms with Gasteiger partial charge < -0.3 is 15.5 Å². The number of nitrogens with zero attached hydrogens (tertiary/aromatic N) is 4. The molecule has 198 valence electrons. The van der Waals surface area contributed by atoms with Gasteiger partial charge in [0.2, 0.25) is 0 Å². The molecule has 0 radical (unpaired) electrons. The van der Waals surface area contributed by atoms with Crippen molar-refractivity contribution in [3.05, 3.63) is 105 Å². The van der Waals surface area contributed by atoms with Gasteiger partial charge in [0.25, 0.3) is 11.8 Å². The first-order chi connectivity index (χ1) is 18.9. The second kappa shape index (κ2) is 10.3. The third-order valence-electron chi connectivity index (χ3n) is 7.61. The van der Waals surface area contributed by atoms with Gasteiger partial charge in [-0.2, -0.15) is 5.10 Å². The molecule has 2 aliphatic heterocycles. The van der Waals surface area contributed by atoms with E-state index in [0.717, 1.165) is 29.9 Å². The minimum Gasteiger partial charge on any atom is -0.346 e. The number of nitrogens with one attached hydrogen (secondary N) is 2. The monoisotopic (exact) mass is 540 g/mol. The number of hydrogen-bond donors (Lipinski definition) is 2. The number of aryl methyl sites for hydroxylation is 1. The fourth-order valence-corrected chi connectivity index (χ4v) is 5.64. The lowest BCUT2D eigenvalue weighted by Gasteiger charge is -2.30. The molecule has 0 spiro atoms. The SMILES string of the molecule is Cc1ccncc1CNC(=O)c1nn(-c2cccc(Cl)c2)c2c1CCN(c1ccc3c(c1)CNCC3C)C2=O. The lowest BCUT2D eigenvalue weighted by atomic mass is 9.91. The molecule has 0 saturated carbocycles. The molecule has 9 heteroatoms. The predicted molar refractivity (Wildman–Crippen MR) is 151 cm³/mol. The van der Waals surface area contributed by atoms with Gasteiger partial charge in [0.1, 0.15) is 5.69 Å². The summed E-state index contributed by atoms with van der Waals surface area (Å²) in [5.41, 5.74) is 7.23. The number of amides is 2. The zero-order valence-electron chi connectivity index (χ0n) is 21.9. The van der Waals surface area contributed by atoms with E-state index < -0.39 is 0 Å². The zero-order chi connectivity index (χ0) is 27.1. The molecular weight excluding hydrogens is 512 g/mol. The molecule has 2 N–H and O–H groups in total. The van der Waals surface area contributed by atoms with Crippen molar-refractivity contribution in [3.63, 3.8) is 0 Å². The summed E-state index contributed by atoms with van der Waals surface area (Å²) in [7, 11) is 0. The van der Waals surface area contributed by atoms with Crippen molar-refractivity contribution in [1.29, 1.82) is 0 Å². The van der Waals surface area contributed by atoms with Crippen molar-refractivity contribution in [3.8, 4) is 5.69 Å². The average Bonchev–Trinajstić information content (AvgIpc) is 3.33. The minimum absolute atomic E-state index is 0.192. The summed E-state index contributed by atoms with van der Waals surface area (Å²) < 4.78 is 1.56. The van der Waals surface area contributed by atoms with Crippen LogP contribution in [0.2, 0.25) is 5.02 Å². The highest BCUT2D eigenvalue weighted by Crippen LogP contribution is 2.32. The molecule has 1 unspecified atom stereocenters. The van der Waals surface area contributed by atoms with Crippen LogP contribution in [-0.2, 0) is 19.5 Å². The summed E-state index contributed by atoms with van der Waals surface area (Å²) in [6.45, 7) is 6.68. The number of fused-ring (bicyclic) bond motifs is 2. The van der Waals surface area contributed by atoms with Crippen LogP contribution in [0, 0.1) is 6.92 Å². The molecule has 1 atom stereocenters. The van der Waals surface area contributed by atoms with E-state index in [-0.39, 0.29) is 17.5 Å². The molecule has 39 heavy (non-hydrogen) atoms. The van der Waals surface area contributed by atoms with E-state index in [2.05, 4.69) is 39.8 Å². The standard InChI is InChI=1S/C30H29ClN6O2/c1-18-8-10-32-16-21(18)17-34-29(38)27-26-9-11-36(23-6-7-25-19(2)14-33-15-20(25)12-23)30(39)28(26)37(35-27)24-5-3-4-22(31)13-24/h3-8,10,12-13,16,19,33H,9,11,14-15,17H2,1-2H3,(H,34,38). The molecule has 0 bridgehead atoms. The molecular formula is C30H29ClN6O2. The van der Waals surface area contributed by atoms with Crippen molar-refractivity contribution in [2.75, 3.05) is 18.0 Å². The van der Waals surface area contributed by atoms with E-state index >= 15 is 0 Å². The summed E-state index contributed by atoms with van der Waals surface area (Å²) in [4.78, 5) is 33.4. The number of halogens is 1. The smallest absolute Gasteiger partial charge is 0.277 e. The van der Waals surface area contributed by atoms with Crippen LogP contribution in [0.5, 0.6) is 0 Å². The van der Waals surface area contributed by atoms with Crippen LogP contribution < -0.4 is 15.5 Å². The summed E-state index contributed by atoms with van der Waals surface area (Å²) in [5.74, 6) is -0.0970. The molecule has 6 rings (SSSR count). The highest BCUT2D eigenvalue weighted by atomic mass is 35.5. The van der Waals surface area contributed by atoms with Gasteiger partial charge >= 0.3 is 0 Å².